The fourth-order valence-electron chi connectivity index (χ4n) is 3.61. The SMILES string of the molecule is CN=C(NCC1CCCCC1)N1CCOC(c2cnn(C)c2)C1.I. The number of aliphatic imine (C=N–C) groups is 1. The Morgan fingerprint density at radius 1 is 1.38 bits per heavy atom. The molecule has 0 spiro atoms. The molecule has 136 valence electrons. The van der Waals surface area contributed by atoms with Gasteiger partial charge in [-0.2, -0.15) is 5.10 Å². The highest BCUT2D eigenvalue weighted by molar-refractivity contribution is 14.0. The molecule has 7 heteroatoms. The molecule has 0 bridgehead atoms. The largest absolute Gasteiger partial charge is 0.370 e. The van der Waals surface area contributed by atoms with Gasteiger partial charge >= 0.3 is 0 Å². The monoisotopic (exact) mass is 447 g/mol. The van der Waals surface area contributed by atoms with Crippen LogP contribution in [0.3, 0.4) is 0 Å². The Kier molecular flexibility index (Phi) is 7.80. The van der Waals surface area contributed by atoms with Gasteiger partial charge in [0.1, 0.15) is 6.10 Å². The Balaban J connectivity index is 0.00000208. The lowest BCUT2D eigenvalue weighted by Gasteiger charge is -2.35. The Morgan fingerprint density at radius 3 is 2.83 bits per heavy atom. The maximum Gasteiger partial charge on any atom is 0.193 e. The van der Waals surface area contributed by atoms with E-state index < -0.39 is 0 Å². The lowest BCUT2D eigenvalue weighted by Crippen LogP contribution is -2.49. The highest BCUT2D eigenvalue weighted by atomic mass is 127. The first-order chi connectivity index (χ1) is 11.3. The molecule has 0 radical (unpaired) electrons. The summed E-state index contributed by atoms with van der Waals surface area (Å²) < 4.78 is 7.75. The van der Waals surface area contributed by atoms with Crippen molar-refractivity contribution in [1.29, 1.82) is 0 Å². The lowest BCUT2D eigenvalue weighted by atomic mass is 9.89. The van der Waals surface area contributed by atoms with E-state index in [9.17, 15) is 0 Å². The average Bonchev–Trinajstić information content (AvgIpc) is 3.03. The Morgan fingerprint density at radius 2 is 2.17 bits per heavy atom. The maximum absolute atomic E-state index is 5.92. The predicted octanol–water partition coefficient (Wildman–Crippen LogP) is 2.57. The van der Waals surface area contributed by atoms with Crippen LogP contribution in [-0.4, -0.2) is 53.9 Å². The van der Waals surface area contributed by atoms with E-state index >= 15 is 0 Å². The van der Waals surface area contributed by atoms with Crippen molar-refractivity contribution in [2.45, 2.75) is 38.2 Å². The number of ether oxygens (including phenoxy) is 1. The third-order valence-electron chi connectivity index (χ3n) is 4.95. The van der Waals surface area contributed by atoms with Gasteiger partial charge in [0.2, 0.25) is 0 Å². The molecule has 1 aromatic heterocycles. The van der Waals surface area contributed by atoms with Crippen LogP contribution >= 0.6 is 24.0 Å². The summed E-state index contributed by atoms with van der Waals surface area (Å²) in [4.78, 5) is 6.79. The van der Waals surface area contributed by atoms with Gasteiger partial charge in [-0.25, -0.2) is 0 Å². The van der Waals surface area contributed by atoms with Gasteiger partial charge in [-0.1, -0.05) is 19.3 Å². The molecule has 6 nitrogen and oxygen atoms in total. The van der Waals surface area contributed by atoms with E-state index in [1.54, 1.807) is 0 Å². The van der Waals surface area contributed by atoms with E-state index in [1.165, 1.54) is 32.1 Å². The van der Waals surface area contributed by atoms with E-state index in [0.717, 1.165) is 43.7 Å². The molecule has 1 N–H and O–H groups in total. The van der Waals surface area contributed by atoms with Crippen LogP contribution in [0.5, 0.6) is 0 Å². The first kappa shape index (κ1) is 19.5. The molecule has 1 aliphatic carbocycles. The van der Waals surface area contributed by atoms with E-state index in [1.807, 2.05) is 31.2 Å². The van der Waals surface area contributed by atoms with Crippen LogP contribution in [0.2, 0.25) is 0 Å². The van der Waals surface area contributed by atoms with Crippen LogP contribution in [0, 0.1) is 5.92 Å². The number of hydrogen-bond acceptors (Lipinski definition) is 3. The third-order valence-corrected chi connectivity index (χ3v) is 4.95. The molecular weight excluding hydrogens is 417 g/mol. The molecule has 0 aromatic carbocycles. The minimum atomic E-state index is 0. The molecule has 1 saturated heterocycles. The predicted molar refractivity (Wildman–Crippen MR) is 107 cm³/mol. The van der Waals surface area contributed by atoms with Gasteiger partial charge in [0.15, 0.2) is 5.96 Å². The maximum atomic E-state index is 5.92. The van der Waals surface area contributed by atoms with Gasteiger partial charge in [-0.05, 0) is 18.8 Å². The summed E-state index contributed by atoms with van der Waals surface area (Å²) in [5.41, 5.74) is 1.14. The minimum absolute atomic E-state index is 0. The molecule has 24 heavy (non-hydrogen) atoms. The number of nitrogens with zero attached hydrogens (tertiary/aromatic N) is 4. The molecule has 1 saturated carbocycles. The van der Waals surface area contributed by atoms with Gasteiger partial charge in [0.05, 0.1) is 19.3 Å². The summed E-state index contributed by atoms with van der Waals surface area (Å²) in [6, 6.07) is 0. The number of morpholine rings is 1. The molecular formula is C17H30IN5O. The minimum Gasteiger partial charge on any atom is -0.370 e. The summed E-state index contributed by atoms with van der Waals surface area (Å²) in [7, 11) is 3.81. The molecule has 1 atom stereocenters. The lowest BCUT2D eigenvalue weighted by molar-refractivity contribution is -0.00810. The molecule has 1 unspecified atom stereocenters. The highest BCUT2D eigenvalue weighted by Crippen LogP contribution is 2.24. The fraction of sp³-hybridized carbons (Fsp3) is 0.765. The summed E-state index contributed by atoms with van der Waals surface area (Å²) in [5.74, 6) is 1.81. The van der Waals surface area contributed by atoms with E-state index in [2.05, 4.69) is 20.3 Å². The highest BCUT2D eigenvalue weighted by Gasteiger charge is 2.25. The molecule has 2 aliphatic rings. The third kappa shape index (κ3) is 5.08. The zero-order chi connectivity index (χ0) is 16.1. The zero-order valence-corrected chi connectivity index (χ0v) is 17.1. The van der Waals surface area contributed by atoms with Crippen molar-refractivity contribution in [2.75, 3.05) is 33.3 Å². The quantitative estimate of drug-likeness (QED) is 0.440. The first-order valence-electron chi connectivity index (χ1n) is 8.82. The topological polar surface area (TPSA) is 54.7 Å². The van der Waals surface area contributed by atoms with Crippen molar-refractivity contribution < 1.29 is 4.74 Å². The number of nitrogens with one attached hydrogen (secondary N) is 1. The average molecular weight is 447 g/mol. The number of aryl methyl sites for hydroxylation is 1. The standard InChI is InChI=1S/C17H29N5O.HI/c1-18-17(19-10-14-6-4-3-5-7-14)22-8-9-23-16(13-22)15-11-20-21(2)12-15;/h11-12,14,16H,3-10,13H2,1-2H3,(H,18,19);1H. The Labute approximate surface area is 162 Å². The van der Waals surface area contributed by atoms with Gasteiger partial charge in [0.25, 0.3) is 0 Å². The summed E-state index contributed by atoms with van der Waals surface area (Å²) in [6.07, 6.45) is 10.9. The van der Waals surface area contributed by atoms with Crippen LogP contribution in [0.1, 0.15) is 43.8 Å². The van der Waals surface area contributed by atoms with Gasteiger partial charge in [-0.15, -0.1) is 24.0 Å². The van der Waals surface area contributed by atoms with Crippen molar-refractivity contribution >= 4 is 29.9 Å². The number of hydrogen-bond donors (Lipinski definition) is 1. The molecule has 1 aliphatic heterocycles. The van der Waals surface area contributed by atoms with Crippen LogP contribution in [0.4, 0.5) is 0 Å². The Hall–Kier alpha value is -0.830. The Bertz CT molecular complexity index is 527. The number of guanidine groups is 1. The van der Waals surface area contributed by atoms with Crippen molar-refractivity contribution in [2.24, 2.45) is 18.0 Å². The van der Waals surface area contributed by atoms with Crippen LogP contribution in [-0.2, 0) is 11.8 Å². The number of halogens is 1. The number of rotatable bonds is 3. The molecule has 3 rings (SSSR count). The van der Waals surface area contributed by atoms with E-state index in [4.69, 9.17) is 4.74 Å². The second-order valence-electron chi connectivity index (χ2n) is 6.68. The molecule has 0 amide bonds. The van der Waals surface area contributed by atoms with E-state index in [0.29, 0.717) is 0 Å². The first-order valence-corrected chi connectivity index (χ1v) is 8.82. The van der Waals surface area contributed by atoms with Crippen molar-refractivity contribution in [1.82, 2.24) is 20.0 Å². The van der Waals surface area contributed by atoms with Crippen molar-refractivity contribution in [3.63, 3.8) is 0 Å². The van der Waals surface area contributed by atoms with Crippen LogP contribution in [0.15, 0.2) is 17.4 Å². The van der Waals surface area contributed by atoms with E-state index in [-0.39, 0.29) is 30.1 Å². The summed E-state index contributed by atoms with van der Waals surface area (Å²) in [5, 5.41) is 7.84. The van der Waals surface area contributed by atoms with Crippen LogP contribution < -0.4 is 5.32 Å². The molecule has 1 aromatic rings. The van der Waals surface area contributed by atoms with Gasteiger partial charge < -0.3 is 15.0 Å². The molecule has 2 fully saturated rings. The smallest absolute Gasteiger partial charge is 0.193 e. The second-order valence-corrected chi connectivity index (χ2v) is 6.68. The summed E-state index contributed by atoms with van der Waals surface area (Å²) >= 11 is 0. The van der Waals surface area contributed by atoms with Crippen LogP contribution in [0.25, 0.3) is 0 Å². The number of aromatic nitrogens is 2. The van der Waals surface area contributed by atoms with Gasteiger partial charge in [-0.3, -0.25) is 9.67 Å². The zero-order valence-electron chi connectivity index (χ0n) is 14.8. The van der Waals surface area contributed by atoms with Crippen molar-refractivity contribution in [3.8, 4) is 0 Å². The summed E-state index contributed by atoms with van der Waals surface area (Å²) in [6.45, 7) is 3.49. The van der Waals surface area contributed by atoms with Crippen molar-refractivity contribution in [3.05, 3.63) is 18.0 Å². The second kappa shape index (κ2) is 9.60. The fourth-order valence-corrected chi connectivity index (χ4v) is 3.61. The van der Waals surface area contributed by atoms with Gasteiger partial charge in [0, 0.05) is 38.9 Å². The normalized spacial score (nSPS) is 23.0. The molecule has 2 heterocycles.